The Balaban J connectivity index is 2.09. The number of ether oxygens (including phenoxy) is 1. The van der Waals surface area contributed by atoms with E-state index in [-0.39, 0.29) is 5.38 Å². The van der Waals surface area contributed by atoms with Crippen molar-refractivity contribution in [2.24, 2.45) is 0 Å². The summed E-state index contributed by atoms with van der Waals surface area (Å²) in [5, 5.41) is -0.110. The standard InChI is InChI=1S/C18H21ClO/c1-3-4-5-14-6-8-15(9-7-14)18(19)16-10-12-17(20-2)13-11-16/h6-13,18H,3-5H2,1-2H3. The lowest BCUT2D eigenvalue weighted by atomic mass is 10.0. The van der Waals surface area contributed by atoms with Gasteiger partial charge in [0.25, 0.3) is 0 Å². The Kier molecular flexibility index (Phi) is 5.49. The number of hydrogen-bond donors (Lipinski definition) is 0. The third-order valence-corrected chi connectivity index (χ3v) is 4.00. The van der Waals surface area contributed by atoms with Gasteiger partial charge in [0.2, 0.25) is 0 Å². The fraction of sp³-hybridized carbons (Fsp3) is 0.333. The minimum absolute atomic E-state index is 0.110. The van der Waals surface area contributed by atoms with Crippen molar-refractivity contribution in [2.45, 2.75) is 31.6 Å². The van der Waals surface area contributed by atoms with E-state index >= 15 is 0 Å². The van der Waals surface area contributed by atoms with Crippen molar-refractivity contribution in [3.8, 4) is 5.75 Å². The number of alkyl halides is 1. The SMILES string of the molecule is CCCCc1ccc(C(Cl)c2ccc(OC)cc2)cc1. The molecule has 1 unspecified atom stereocenters. The van der Waals surface area contributed by atoms with E-state index in [1.165, 1.54) is 18.4 Å². The minimum atomic E-state index is -0.110. The Bertz CT molecular complexity index is 516. The van der Waals surface area contributed by atoms with Crippen LogP contribution in [0, 0.1) is 0 Å². The molecule has 0 aromatic heterocycles. The Labute approximate surface area is 126 Å². The molecule has 0 N–H and O–H groups in total. The fourth-order valence-corrected chi connectivity index (χ4v) is 2.49. The third-order valence-electron chi connectivity index (χ3n) is 3.50. The van der Waals surface area contributed by atoms with E-state index in [1.807, 2.05) is 24.3 Å². The van der Waals surface area contributed by atoms with Crippen LogP contribution in [0.4, 0.5) is 0 Å². The van der Waals surface area contributed by atoms with E-state index in [1.54, 1.807) is 7.11 Å². The van der Waals surface area contributed by atoms with Gasteiger partial charge in [-0.2, -0.15) is 0 Å². The lowest BCUT2D eigenvalue weighted by Gasteiger charge is -2.12. The number of unbranched alkanes of at least 4 members (excludes halogenated alkanes) is 1. The Morgan fingerprint density at radius 2 is 1.50 bits per heavy atom. The molecule has 2 aromatic rings. The summed E-state index contributed by atoms with van der Waals surface area (Å²) in [5.74, 6) is 0.854. The summed E-state index contributed by atoms with van der Waals surface area (Å²) in [4.78, 5) is 0. The van der Waals surface area contributed by atoms with Gasteiger partial charge in [-0.3, -0.25) is 0 Å². The highest BCUT2D eigenvalue weighted by Crippen LogP contribution is 2.30. The van der Waals surface area contributed by atoms with Crippen LogP contribution in [0.5, 0.6) is 5.75 Å². The number of halogens is 1. The molecule has 0 aliphatic carbocycles. The van der Waals surface area contributed by atoms with E-state index in [9.17, 15) is 0 Å². The van der Waals surface area contributed by atoms with Gasteiger partial charge in [0.1, 0.15) is 5.75 Å². The monoisotopic (exact) mass is 288 g/mol. The average molecular weight is 289 g/mol. The summed E-state index contributed by atoms with van der Waals surface area (Å²) in [6, 6.07) is 16.6. The molecule has 0 radical (unpaired) electrons. The van der Waals surface area contributed by atoms with Gasteiger partial charge in [-0.05, 0) is 41.7 Å². The zero-order valence-electron chi connectivity index (χ0n) is 12.1. The number of aryl methyl sites for hydroxylation is 1. The van der Waals surface area contributed by atoms with Crippen molar-refractivity contribution < 1.29 is 4.74 Å². The first-order chi connectivity index (χ1) is 9.74. The highest BCUT2D eigenvalue weighted by molar-refractivity contribution is 6.22. The van der Waals surface area contributed by atoms with Crippen molar-refractivity contribution in [1.82, 2.24) is 0 Å². The maximum absolute atomic E-state index is 6.54. The smallest absolute Gasteiger partial charge is 0.118 e. The highest BCUT2D eigenvalue weighted by Gasteiger charge is 2.10. The van der Waals surface area contributed by atoms with Gasteiger partial charge in [0, 0.05) is 0 Å². The second kappa shape index (κ2) is 7.35. The third kappa shape index (κ3) is 3.77. The molecule has 2 rings (SSSR count). The first-order valence-corrected chi connectivity index (χ1v) is 7.55. The molecule has 0 spiro atoms. The van der Waals surface area contributed by atoms with E-state index in [0.717, 1.165) is 23.3 Å². The van der Waals surface area contributed by atoms with Crippen LogP contribution in [0.3, 0.4) is 0 Å². The maximum atomic E-state index is 6.54. The van der Waals surface area contributed by atoms with E-state index in [0.29, 0.717) is 0 Å². The summed E-state index contributed by atoms with van der Waals surface area (Å²) in [7, 11) is 1.67. The van der Waals surface area contributed by atoms with Gasteiger partial charge in [-0.15, -0.1) is 11.6 Å². The zero-order chi connectivity index (χ0) is 14.4. The van der Waals surface area contributed by atoms with Crippen LogP contribution < -0.4 is 4.74 Å². The highest BCUT2D eigenvalue weighted by atomic mass is 35.5. The van der Waals surface area contributed by atoms with Crippen LogP contribution in [-0.2, 0) is 6.42 Å². The molecule has 2 heteroatoms. The first-order valence-electron chi connectivity index (χ1n) is 7.11. The zero-order valence-corrected chi connectivity index (χ0v) is 12.9. The van der Waals surface area contributed by atoms with Crippen molar-refractivity contribution >= 4 is 11.6 Å². The van der Waals surface area contributed by atoms with Gasteiger partial charge < -0.3 is 4.74 Å². The van der Waals surface area contributed by atoms with Crippen LogP contribution in [0.1, 0.15) is 41.8 Å². The Morgan fingerprint density at radius 3 is 2.00 bits per heavy atom. The molecule has 0 fully saturated rings. The summed E-state index contributed by atoms with van der Waals surface area (Å²) >= 11 is 6.54. The van der Waals surface area contributed by atoms with Gasteiger partial charge in [-0.25, -0.2) is 0 Å². The van der Waals surface area contributed by atoms with Gasteiger partial charge in [-0.1, -0.05) is 49.7 Å². The van der Waals surface area contributed by atoms with Crippen LogP contribution in [0.25, 0.3) is 0 Å². The lowest BCUT2D eigenvalue weighted by molar-refractivity contribution is 0.414. The molecular formula is C18H21ClO. The molecule has 0 aliphatic rings. The summed E-state index contributed by atoms with van der Waals surface area (Å²) in [5.41, 5.74) is 3.61. The van der Waals surface area contributed by atoms with Gasteiger partial charge in [0.15, 0.2) is 0 Å². The molecule has 1 nitrogen and oxygen atoms in total. The number of rotatable bonds is 6. The second-order valence-electron chi connectivity index (χ2n) is 4.98. The molecule has 2 aromatic carbocycles. The molecule has 0 saturated heterocycles. The van der Waals surface area contributed by atoms with Crippen LogP contribution in [0.2, 0.25) is 0 Å². The summed E-state index contributed by atoms with van der Waals surface area (Å²) < 4.78 is 5.16. The van der Waals surface area contributed by atoms with Crippen molar-refractivity contribution in [3.63, 3.8) is 0 Å². The molecule has 0 bridgehead atoms. The molecule has 0 heterocycles. The van der Waals surface area contributed by atoms with Crippen LogP contribution in [0.15, 0.2) is 48.5 Å². The second-order valence-corrected chi connectivity index (χ2v) is 5.42. The quantitative estimate of drug-likeness (QED) is 0.650. The minimum Gasteiger partial charge on any atom is -0.497 e. The Hall–Kier alpha value is -1.47. The topological polar surface area (TPSA) is 9.23 Å². The molecule has 0 saturated carbocycles. The molecule has 1 atom stereocenters. The molecule has 0 amide bonds. The van der Waals surface area contributed by atoms with Crippen molar-refractivity contribution in [2.75, 3.05) is 7.11 Å². The Morgan fingerprint density at radius 1 is 0.950 bits per heavy atom. The predicted octanol–water partition coefficient (Wildman–Crippen LogP) is 5.37. The fourth-order valence-electron chi connectivity index (χ4n) is 2.20. The number of benzene rings is 2. The van der Waals surface area contributed by atoms with Crippen LogP contribution >= 0.6 is 11.6 Å². The van der Waals surface area contributed by atoms with Gasteiger partial charge in [0.05, 0.1) is 12.5 Å². The molecular weight excluding hydrogens is 268 g/mol. The largest absolute Gasteiger partial charge is 0.497 e. The van der Waals surface area contributed by atoms with Crippen LogP contribution in [-0.4, -0.2) is 7.11 Å². The summed E-state index contributed by atoms with van der Waals surface area (Å²) in [6.45, 7) is 2.22. The molecule has 0 aliphatic heterocycles. The normalized spacial score (nSPS) is 12.2. The molecule has 106 valence electrons. The van der Waals surface area contributed by atoms with E-state index in [2.05, 4.69) is 31.2 Å². The maximum Gasteiger partial charge on any atom is 0.118 e. The first kappa shape index (κ1) is 14.9. The number of hydrogen-bond acceptors (Lipinski definition) is 1. The lowest BCUT2D eigenvalue weighted by Crippen LogP contribution is -1.94. The molecule has 20 heavy (non-hydrogen) atoms. The van der Waals surface area contributed by atoms with E-state index in [4.69, 9.17) is 16.3 Å². The summed E-state index contributed by atoms with van der Waals surface area (Å²) in [6.07, 6.45) is 3.61. The predicted molar refractivity (Wildman–Crippen MR) is 85.7 cm³/mol. The van der Waals surface area contributed by atoms with Crippen molar-refractivity contribution in [1.29, 1.82) is 0 Å². The van der Waals surface area contributed by atoms with Gasteiger partial charge >= 0.3 is 0 Å². The average Bonchev–Trinajstić information content (AvgIpc) is 2.53. The van der Waals surface area contributed by atoms with E-state index < -0.39 is 0 Å². The number of methoxy groups -OCH3 is 1. The van der Waals surface area contributed by atoms with Crippen molar-refractivity contribution in [3.05, 3.63) is 65.2 Å².